The molecule has 0 amide bonds. The van der Waals surface area contributed by atoms with E-state index in [2.05, 4.69) is 0 Å². The Morgan fingerprint density at radius 1 is 0.680 bits per heavy atom. The monoisotopic (exact) mass is 358 g/mol. The molecule has 0 atom stereocenters. The van der Waals surface area contributed by atoms with Gasteiger partial charge in [-0.25, -0.2) is 18.0 Å². The van der Waals surface area contributed by atoms with Gasteiger partial charge in [0.25, 0.3) is 0 Å². The lowest BCUT2D eigenvalue weighted by atomic mass is 10.2. The second-order valence-corrected chi connectivity index (χ2v) is 6.93. The van der Waals surface area contributed by atoms with Crippen LogP contribution in [0.3, 0.4) is 0 Å². The normalized spacial score (nSPS) is 11.8. The first-order valence-corrected chi connectivity index (χ1v) is 8.54. The molecule has 0 fully saturated rings. The van der Waals surface area contributed by atoms with Crippen molar-refractivity contribution in [3.05, 3.63) is 71.8 Å². The molecule has 128 valence electrons. The molecular weight excluding hydrogens is 344 g/mol. The van der Waals surface area contributed by atoms with E-state index in [0.29, 0.717) is 11.1 Å². The molecule has 0 saturated heterocycles. The highest BCUT2D eigenvalue weighted by Crippen LogP contribution is 2.22. The van der Waals surface area contributed by atoms with E-state index in [1.54, 1.807) is 0 Å². The first-order chi connectivity index (χ1) is 11.8. The molecule has 7 heteroatoms. The fourth-order valence-electron chi connectivity index (χ4n) is 1.99. The van der Waals surface area contributed by atoms with Gasteiger partial charge in [-0.15, -0.1) is 0 Å². The lowest BCUT2D eigenvalue weighted by Gasteiger charge is -2.05. The smallest absolute Gasteiger partial charge is 0.328 e. The molecule has 0 heterocycles. The van der Waals surface area contributed by atoms with Crippen LogP contribution >= 0.6 is 0 Å². The van der Waals surface area contributed by atoms with Gasteiger partial charge in [-0.2, -0.15) is 0 Å². The summed E-state index contributed by atoms with van der Waals surface area (Å²) in [5.41, 5.74) is 1.13. The van der Waals surface area contributed by atoms with Crippen molar-refractivity contribution in [2.24, 2.45) is 0 Å². The molecule has 6 nitrogen and oxygen atoms in total. The molecule has 0 saturated carbocycles. The predicted octanol–water partition coefficient (Wildman–Crippen LogP) is 2.72. The lowest BCUT2D eigenvalue weighted by molar-refractivity contribution is -0.132. The average molecular weight is 358 g/mol. The van der Waals surface area contributed by atoms with Gasteiger partial charge in [0.1, 0.15) is 0 Å². The molecule has 2 aromatic carbocycles. The van der Waals surface area contributed by atoms with Gasteiger partial charge in [0.15, 0.2) is 0 Å². The molecule has 0 aliphatic carbocycles. The summed E-state index contributed by atoms with van der Waals surface area (Å²) in [5, 5.41) is 17.2. The number of benzene rings is 2. The average Bonchev–Trinajstić information content (AvgIpc) is 2.59. The Kier molecular flexibility index (Phi) is 5.51. The van der Waals surface area contributed by atoms with Gasteiger partial charge in [0.05, 0.1) is 9.79 Å². The van der Waals surface area contributed by atoms with Crippen molar-refractivity contribution in [1.82, 2.24) is 0 Å². The maximum absolute atomic E-state index is 12.6. The second kappa shape index (κ2) is 7.59. The summed E-state index contributed by atoms with van der Waals surface area (Å²) in [4.78, 5) is 21.1. The third-order valence-electron chi connectivity index (χ3n) is 3.22. The highest BCUT2D eigenvalue weighted by molar-refractivity contribution is 7.91. The van der Waals surface area contributed by atoms with Crippen LogP contribution in [0.1, 0.15) is 11.1 Å². The van der Waals surface area contributed by atoms with Crippen LogP contribution in [-0.4, -0.2) is 30.6 Å². The first kappa shape index (κ1) is 18.2. The molecule has 0 aliphatic heterocycles. The quantitative estimate of drug-likeness (QED) is 0.769. The van der Waals surface area contributed by atoms with E-state index in [9.17, 15) is 18.0 Å². The fourth-order valence-corrected chi connectivity index (χ4v) is 3.25. The van der Waals surface area contributed by atoms with Crippen molar-refractivity contribution in [2.75, 3.05) is 0 Å². The van der Waals surface area contributed by atoms with Gasteiger partial charge in [-0.05, 0) is 47.5 Å². The van der Waals surface area contributed by atoms with Crippen LogP contribution in [0.4, 0.5) is 0 Å². The van der Waals surface area contributed by atoms with Crippen LogP contribution in [0, 0.1) is 0 Å². The van der Waals surface area contributed by atoms with Gasteiger partial charge in [-0.3, -0.25) is 0 Å². The Bertz CT molecular complexity index is 863. The molecule has 2 rings (SSSR count). The Labute approximate surface area is 144 Å². The number of carbonyl (C=O) groups is 2. The van der Waals surface area contributed by atoms with E-state index in [0.717, 1.165) is 12.2 Å². The Morgan fingerprint density at radius 3 is 1.28 bits per heavy atom. The summed E-state index contributed by atoms with van der Waals surface area (Å²) in [6.07, 6.45) is 4.66. The van der Waals surface area contributed by atoms with E-state index in [-0.39, 0.29) is 9.79 Å². The number of sulfone groups is 1. The van der Waals surface area contributed by atoms with Crippen molar-refractivity contribution >= 4 is 33.9 Å². The van der Waals surface area contributed by atoms with Crippen molar-refractivity contribution in [1.29, 1.82) is 0 Å². The van der Waals surface area contributed by atoms with E-state index in [1.165, 1.54) is 60.7 Å². The zero-order valence-electron chi connectivity index (χ0n) is 12.9. The number of carboxylic acids is 2. The van der Waals surface area contributed by atoms with Crippen molar-refractivity contribution in [3.8, 4) is 0 Å². The molecule has 0 radical (unpaired) electrons. The second-order valence-electron chi connectivity index (χ2n) is 4.98. The summed E-state index contributed by atoms with van der Waals surface area (Å²) in [5.74, 6) is -2.18. The molecule has 0 aliphatic rings. The molecule has 0 unspecified atom stereocenters. The van der Waals surface area contributed by atoms with Gasteiger partial charge < -0.3 is 10.2 Å². The Morgan fingerprint density at radius 2 is 1.00 bits per heavy atom. The molecule has 0 aromatic heterocycles. The van der Waals surface area contributed by atoms with Crippen molar-refractivity contribution in [3.63, 3.8) is 0 Å². The minimum Gasteiger partial charge on any atom is -0.478 e. The number of aliphatic carboxylic acids is 2. The van der Waals surface area contributed by atoms with Gasteiger partial charge in [-0.1, -0.05) is 24.3 Å². The molecule has 2 N–H and O–H groups in total. The zero-order chi connectivity index (χ0) is 18.4. The number of hydrogen-bond acceptors (Lipinski definition) is 4. The Balaban J connectivity index is 2.26. The molecular formula is C18H14O6S. The highest BCUT2D eigenvalue weighted by atomic mass is 32.2. The van der Waals surface area contributed by atoms with Gasteiger partial charge in [0, 0.05) is 12.2 Å². The molecule has 2 aromatic rings. The molecule has 25 heavy (non-hydrogen) atoms. The summed E-state index contributed by atoms with van der Waals surface area (Å²) < 4.78 is 25.1. The van der Waals surface area contributed by atoms with Crippen LogP contribution in [0.25, 0.3) is 12.2 Å². The highest BCUT2D eigenvalue weighted by Gasteiger charge is 2.17. The van der Waals surface area contributed by atoms with E-state index < -0.39 is 21.8 Å². The first-order valence-electron chi connectivity index (χ1n) is 7.06. The topological polar surface area (TPSA) is 109 Å². The summed E-state index contributed by atoms with van der Waals surface area (Å²) >= 11 is 0. The van der Waals surface area contributed by atoms with Crippen LogP contribution in [0.2, 0.25) is 0 Å². The maximum Gasteiger partial charge on any atom is 0.328 e. The van der Waals surface area contributed by atoms with E-state index in [1.807, 2.05) is 0 Å². The SMILES string of the molecule is O=C(O)C=Cc1ccc(S(=O)(=O)c2ccc(C=CC(=O)O)cc2)cc1. The van der Waals surface area contributed by atoms with Crippen LogP contribution in [0.15, 0.2) is 70.5 Å². The van der Waals surface area contributed by atoms with E-state index >= 15 is 0 Å². The lowest BCUT2D eigenvalue weighted by Crippen LogP contribution is -2.01. The van der Waals surface area contributed by atoms with Crippen LogP contribution < -0.4 is 0 Å². The summed E-state index contributed by atoms with van der Waals surface area (Å²) in [7, 11) is -3.72. The van der Waals surface area contributed by atoms with Crippen molar-refractivity contribution < 1.29 is 28.2 Å². The summed E-state index contributed by atoms with van der Waals surface area (Å²) in [6, 6.07) is 11.6. The summed E-state index contributed by atoms with van der Waals surface area (Å²) in [6.45, 7) is 0. The van der Waals surface area contributed by atoms with Gasteiger partial charge in [0.2, 0.25) is 9.84 Å². The molecule has 0 bridgehead atoms. The van der Waals surface area contributed by atoms with Crippen LogP contribution in [0.5, 0.6) is 0 Å². The number of rotatable bonds is 6. The number of hydrogen-bond donors (Lipinski definition) is 2. The number of carboxylic acid groups (broad SMARTS) is 2. The van der Waals surface area contributed by atoms with Gasteiger partial charge >= 0.3 is 11.9 Å². The van der Waals surface area contributed by atoms with Crippen molar-refractivity contribution in [2.45, 2.75) is 9.79 Å². The van der Waals surface area contributed by atoms with E-state index in [4.69, 9.17) is 10.2 Å². The fraction of sp³-hybridized carbons (Fsp3) is 0. The third kappa shape index (κ3) is 4.89. The molecule has 0 spiro atoms. The standard InChI is InChI=1S/C18H14O6S/c19-17(20)11-5-13-1-7-15(8-2-13)25(23,24)16-9-3-14(4-10-16)6-12-18(21)22/h1-12H,(H,19,20)(H,21,22). The largest absolute Gasteiger partial charge is 0.478 e. The third-order valence-corrected chi connectivity index (χ3v) is 5.00. The minimum atomic E-state index is -3.72. The van der Waals surface area contributed by atoms with Crippen LogP contribution in [-0.2, 0) is 19.4 Å². The Hall–Kier alpha value is -3.19. The minimum absolute atomic E-state index is 0.0776. The maximum atomic E-state index is 12.6. The predicted molar refractivity (Wildman–Crippen MR) is 91.7 cm³/mol. The zero-order valence-corrected chi connectivity index (χ0v) is 13.7.